The lowest BCUT2D eigenvalue weighted by molar-refractivity contribution is -0.136. The van der Waals surface area contributed by atoms with Crippen LogP contribution in [-0.4, -0.2) is 18.8 Å². The molecule has 0 spiro atoms. The van der Waals surface area contributed by atoms with E-state index in [0.717, 1.165) is 23.3 Å². The number of ether oxygens (including phenoxy) is 1. The highest BCUT2D eigenvalue weighted by Crippen LogP contribution is 2.30. The Morgan fingerprint density at radius 3 is 3.00 bits per heavy atom. The van der Waals surface area contributed by atoms with E-state index in [1.807, 2.05) is 24.3 Å². The van der Waals surface area contributed by atoms with Crippen LogP contribution in [0.4, 0.5) is 0 Å². The van der Waals surface area contributed by atoms with E-state index < -0.39 is 0 Å². The van der Waals surface area contributed by atoms with Gasteiger partial charge in [-0.25, -0.2) is 4.79 Å². The van der Waals surface area contributed by atoms with Crippen molar-refractivity contribution in [3.05, 3.63) is 35.4 Å². The molecule has 0 bridgehead atoms. The number of fused-ring (bicyclic) bond motifs is 1. The minimum atomic E-state index is -0.215. The SMILES string of the molecule is COC(=O)C1=Cc2ccccc2SCC1. The molecule has 0 saturated heterocycles. The van der Waals surface area contributed by atoms with Gasteiger partial charge in [-0.05, 0) is 24.1 Å². The van der Waals surface area contributed by atoms with Gasteiger partial charge in [0.05, 0.1) is 7.11 Å². The molecular weight excluding hydrogens is 208 g/mol. The lowest BCUT2D eigenvalue weighted by Crippen LogP contribution is -2.04. The average Bonchev–Trinajstić information content (AvgIpc) is 2.49. The number of hydrogen-bond donors (Lipinski definition) is 0. The summed E-state index contributed by atoms with van der Waals surface area (Å²) in [4.78, 5) is 12.7. The number of thioether (sulfide) groups is 1. The summed E-state index contributed by atoms with van der Waals surface area (Å²) in [6, 6.07) is 8.10. The van der Waals surface area contributed by atoms with E-state index in [4.69, 9.17) is 4.74 Å². The van der Waals surface area contributed by atoms with Crippen molar-refractivity contribution in [2.45, 2.75) is 11.3 Å². The summed E-state index contributed by atoms with van der Waals surface area (Å²) in [5.41, 5.74) is 1.87. The molecule has 1 aliphatic rings. The molecule has 0 aliphatic carbocycles. The van der Waals surface area contributed by atoms with Crippen LogP contribution in [0.5, 0.6) is 0 Å². The van der Waals surface area contributed by atoms with Crippen molar-refractivity contribution in [3.63, 3.8) is 0 Å². The molecule has 0 aromatic heterocycles. The summed E-state index contributed by atoms with van der Waals surface area (Å²) >= 11 is 1.78. The third-order valence-corrected chi connectivity index (χ3v) is 3.42. The van der Waals surface area contributed by atoms with Crippen molar-refractivity contribution >= 4 is 23.8 Å². The Hall–Kier alpha value is -1.22. The predicted molar refractivity (Wildman–Crippen MR) is 61.8 cm³/mol. The zero-order valence-electron chi connectivity index (χ0n) is 8.53. The molecule has 2 rings (SSSR count). The van der Waals surface area contributed by atoms with Crippen molar-refractivity contribution in [3.8, 4) is 0 Å². The van der Waals surface area contributed by atoms with E-state index in [0.29, 0.717) is 0 Å². The zero-order valence-corrected chi connectivity index (χ0v) is 9.34. The van der Waals surface area contributed by atoms with Gasteiger partial charge in [0.15, 0.2) is 0 Å². The summed E-state index contributed by atoms with van der Waals surface area (Å²) in [5, 5.41) is 0. The van der Waals surface area contributed by atoms with Gasteiger partial charge in [0.1, 0.15) is 0 Å². The quantitative estimate of drug-likeness (QED) is 0.681. The summed E-state index contributed by atoms with van der Waals surface area (Å²) < 4.78 is 4.74. The van der Waals surface area contributed by atoms with E-state index in [9.17, 15) is 4.79 Å². The molecule has 1 aliphatic heterocycles. The first kappa shape index (κ1) is 10.3. The van der Waals surface area contributed by atoms with Crippen molar-refractivity contribution in [1.82, 2.24) is 0 Å². The van der Waals surface area contributed by atoms with Gasteiger partial charge in [-0.15, -0.1) is 11.8 Å². The van der Waals surface area contributed by atoms with Crippen molar-refractivity contribution in [2.24, 2.45) is 0 Å². The third-order valence-electron chi connectivity index (χ3n) is 2.33. The van der Waals surface area contributed by atoms with Gasteiger partial charge in [-0.2, -0.15) is 0 Å². The Balaban J connectivity index is 2.38. The molecule has 1 heterocycles. The predicted octanol–water partition coefficient (Wildman–Crippen LogP) is 2.74. The molecule has 0 unspecified atom stereocenters. The molecule has 1 aromatic carbocycles. The molecular formula is C12H12O2S. The summed E-state index contributed by atoms with van der Waals surface area (Å²) in [7, 11) is 1.42. The van der Waals surface area contributed by atoms with Crippen LogP contribution in [0.15, 0.2) is 34.7 Å². The molecule has 1 aromatic rings. The molecule has 0 atom stereocenters. The van der Waals surface area contributed by atoms with Crippen LogP contribution in [0.25, 0.3) is 6.08 Å². The first-order valence-electron chi connectivity index (χ1n) is 4.82. The fourth-order valence-electron chi connectivity index (χ4n) is 1.55. The Kier molecular flexibility index (Phi) is 3.11. The maximum absolute atomic E-state index is 11.4. The van der Waals surface area contributed by atoms with Crippen LogP contribution in [0.1, 0.15) is 12.0 Å². The molecule has 0 N–H and O–H groups in total. The van der Waals surface area contributed by atoms with Crippen LogP contribution in [0.3, 0.4) is 0 Å². The molecule has 0 amide bonds. The fourth-order valence-corrected chi connectivity index (χ4v) is 2.56. The lowest BCUT2D eigenvalue weighted by Gasteiger charge is -2.01. The minimum absolute atomic E-state index is 0.215. The van der Waals surface area contributed by atoms with Crippen molar-refractivity contribution in [2.75, 3.05) is 12.9 Å². The molecule has 0 saturated carbocycles. The molecule has 78 valence electrons. The van der Waals surface area contributed by atoms with E-state index >= 15 is 0 Å². The van der Waals surface area contributed by atoms with Gasteiger partial charge in [0, 0.05) is 16.2 Å². The van der Waals surface area contributed by atoms with Gasteiger partial charge in [0.25, 0.3) is 0 Å². The fraction of sp³-hybridized carbons (Fsp3) is 0.250. The number of carbonyl (C=O) groups is 1. The number of rotatable bonds is 1. The maximum Gasteiger partial charge on any atom is 0.333 e. The number of hydrogen-bond acceptors (Lipinski definition) is 3. The van der Waals surface area contributed by atoms with Gasteiger partial charge in [0.2, 0.25) is 0 Å². The van der Waals surface area contributed by atoms with Gasteiger partial charge in [-0.3, -0.25) is 0 Å². The first-order chi connectivity index (χ1) is 7.31. The van der Waals surface area contributed by atoms with Crippen LogP contribution in [-0.2, 0) is 9.53 Å². The van der Waals surface area contributed by atoms with Crippen LogP contribution in [0.2, 0.25) is 0 Å². The summed E-state index contributed by atoms with van der Waals surface area (Å²) in [6.45, 7) is 0. The van der Waals surface area contributed by atoms with Gasteiger partial charge in [-0.1, -0.05) is 18.2 Å². The van der Waals surface area contributed by atoms with E-state index in [-0.39, 0.29) is 5.97 Å². The zero-order chi connectivity index (χ0) is 10.7. The standard InChI is InChI=1S/C12H12O2S/c1-14-12(13)10-6-7-15-11-5-3-2-4-9(11)8-10/h2-5,8H,6-7H2,1H3. The second-order valence-electron chi connectivity index (χ2n) is 3.30. The number of benzene rings is 1. The first-order valence-corrected chi connectivity index (χ1v) is 5.80. The highest BCUT2D eigenvalue weighted by Gasteiger charge is 2.14. The van der Waals surface area contributed by atoms with Crippen molar-refractivity contribution in [1.29, 1.82) is 0 Å². The Morgan fingerprint density at radius 2 is 2.20 bits per heavy atom. The monoisotopic (exact) mass is 220 g/mol. The molecule has 15 heavy (non-hydrogen) atoms. The highest BCUT2D eigenvalue weighted by atomic mass is 32.2. The second-order valence-corrected chi connectivity index (χ2v) is 4.43. The number of methoxy groups -OCH3 is 1. The van der Waals surface area contributed by atoms with Gasteiger partial charge < -0.3 is 4.74 Å². The van der Waals surface area contributed by atoms with Crippen LogP contribution in [0, 0.1) is 0 Å². The van der Waals surface area contributed by atoms with Crippen LogP contribution < -0.4 is 0 Å². The topological polar surface area (TPSA) is 26.3 Å². The Bertz CT molecular complexity index is 410. The van der Waals surface area contributed by atoms with Crippen LogP contribution >= 0.6 is 11.8 Å². The third kappa shape index (κ3) is 2.23. The number of esters is 1. The average molecular weight is 220 g/mol. The minimum Gasteiger partial charge on any atom is -0.466 e. The number of carbonyl (C=O) groups excluding carboxylic acids is 1. The smallest absolute Gasteiger partial charge is 0.333 e. The van der Waals surface area contributed by atoms with E-state index in [2.05, 4.69) is 6.07 Å². The highest BCUT2D eigenvalue weighted by molar-refractivity contribution is 7.99. The van der Waals surface area contributed by atoms with E-state index in [1.54, 1.807) is 11.8 Å². The second kappa shape index (κ2) is 4.53. The van der Waals surface area contributed by atoms with Crippen molar-refractivity contribution < 1.29 is 9.53 Å². The largest absolute Gasteiger partial charge is 0.466 e. The van der Waals surface area contributed by atoms with E-state index in [1.165, 1.54) is 12.0 Å². The maximum atomic E-state index is 11.4. The summed E-state index contributed by atoms with van der Waals surface area (Å²) in [5.74, 6) is 0.713. The summed E-state index contributed by atoms with van der Waals surface area (Å²) in [6.07, 6.45) is 2.70. The Labute approximate surface area is 93.3 Å². The normalized spacial score (nSPS) is 14.9. The molecule has 2 nitrogen and oxygen atoms in total. The molecule has 0 fully saturated rings. The van der Waals surface area contributed by atoms with Gasteiger partial charge >= 0.3 is 5.97 Å². The Morgan fingerprint density at radius 1 is 1.40 bits per heavy atom. The molecule has 0 radical (unpaired) electrons. The lowest BCUT2D eigenvalue weighted by atomic mass is 10.1. The molecule has 3 heteroatoms.